The van der Waals surface area contributed by atoms with Crippen LogP contribution in [-0.2, 0) is 4.79 Å². The molecule has 0 fully saturated rings. The van der Waals surface area contributed by atoms with Crippen molar-refractivity contribution >= 4 is 29.1 Å². The number of aromatic nitrogens is 2. The van der Waals surface area contributed by atoms with Crippen molar-refractivity contribution in [1.82, 2.24) is 15.3 Å². The maximum Gasteiger partial charge on any atom is 0.261 e. The number of aromatic amines is 1. The molecular weight excluding hydrogens is 252 g/mol. The molecule has 2 aromatic rings. The van der Waals surface area contributed by atoms with E-state index in [1.165, 1.54) is 11.3 Å². The van der Waals surface area contributed by atoms with Crippen LogP contribution in [0.5, 0.6) is 0 Å². The molecule has 94 valence electrons. The average Bonchev–Trinajstić information content (AvgIpc) is 3.00. The molecule has 0 unspecified atom stereocenters. The normalized spacial score (nSPS) is 10.0. The number of carbonyl (C=O) groups is 2. The zero-order valence-electron chi connectivity index (χ0n) is 9.47. The van der Waals surface area contributed by atoms with E-state index in [4.69, 9.17) is 0 Å². The van der Waals surface area contributed by atoms with Crippen LogP contribution >= 0.6 is 11.3 Å². The van der Waals surface area contributed by atoms with Crippen molar-refractivity contribution in [1.29, 1.82) is 0 Å². The minimum Gasteiger partial charge on any atom is -0.351 e. The number of amides is 2. The number of carbonyl (C=O) groups excluding carboxylic acids is 2. The van der Waals surface area contributed by atoms with Gasteiger partial charge in [0.1, 0.15) is 0 Å². The summed E-state index contributed by atoms with van der Waals surface area (Å²) in [7, 11) is 0. The number of nitrogens with zero attached hydrogens (tertiary/aromatic N) is 1. The lowest BCUT2D eigenvalue weighted by Gasteiger charge is -2.03. The van der Waals surface area contributed by atoms with Crippen molar-refractivity contribution in [3.63, 3.8) is 0 Å². The number of hydrogen-bond acceptors (Lipinski definition) is 4. The zero-order chi connectivity index (χ0) is 12.8. The van der Waals surface area contributed by atoms with Crippen LogP contribution in [0.2, 0.25) is 0 Å². The van der Waals surface area contributed by atoms with Crippen molar-refractivity contribution < 1.29 is 9.59 Å². The van der Waals surface area contributed by atoms with Crippen LogP contribution in [0.3, 0.4) is 0 Å². The lowest BCUT2D eigenvalue weighted by Crippen LogP contribution is -2.27. The van der Waals surface area contributed by atoms with Gasteiger partial charge in [-0.2, -0.15) is 0 Å². The smallest absolute Gasteiger partial charge is 0.261 e. The molecule has 18 heavy (non-hydrogen) atoms. The molecule has 0 bridgehead atoms. The molecule has 0 aliphatic carbocycles. The second-order valence-electron chi connectivity index (χ2n) is 3.47. The van der Waals surface area contributed by atoms with Gasteiger partial charge in [0.2, 0.25) is 11.9 Å². The van der Waals surface area contributed by atoms with E-state index in [0.717, 1.165) is 0 Å². The van der Waals surface area contributed by atoms with Crippen LogP contribution in [0.25, 0.3) is 0 Å². The monoisotopic (exact) mass is 264 g/mol. The summed E-state index contributed by atoms with van der Waals surface area (Å²) < 4.78 is 0. The van der Waals surface area contributed by atoms with Crippen molar-refractivity contribution in [2.24, 2.45) is 0 Å². The largest absolute Gasteiger partial charge is 0.351 e. The number of hydrogen-bond donors (Lipinski definition) is 3. The number of H-pyrrole nitrogens is 1. The van der Waals surface area contributed by atoms with Gasteiger partial charge in [0, 0.05) is 25.4 Å². The molecule has 0 aromatic carbocycles. The summed E-state index contributed by atoms with van der Waals surface area (Å²) >= 11 is 1.37. The van der Waals surface area contributed by atoms with E-state index >= 15 is 0 Å². The number of thiophene rings is 1. The van der Waals surface area contributed by atoms with Gasteiger partial charge in [0.05, 0.1) is 4.88 Å². The van der Waals surface area contributed by atoms with Gasteiger partial charge in [0.25, 0.3) is 5.91 Å². The highest BCUT2D eigenvalue weighted by Crippen LogP contribution is 2.07. The van der Waals surface area contributed by atoms with E-state index in [-0.39, 0.29) is 18.2 Å². The molecule has 2 heterocycles. The highest BCUT2D eigenvalue weighted by atomic mass is 32.1. The van der Waals surface area contributed by atoms with Gasteiger partial charge in [0.15, 0.2) is 0 Å². The van der Waals surface area contributed by atoms with Crippen LogP contribution in [0.15, 0.2) is 29.9 Å². The second-order valence-corrected chi connectivity index (χ2v) is 4.42. The summed E-state index contributed by atoms with van der Waals surface area (Å²) in [6.07, 6.45) is 3.38. The summed E-state index contributed by atoms with van der Waals surface area (Å²) in [6.45, 7) is 0.295. The predicted octanol–water partition coefficient (Wildman–Crippen LogP) is 1.23. The fourth-order valence-electron chi connectivity index (χ4n) is 1.31. The van der Waals surface area contributed by atoms with E-state index in [1.54, 1.807) is 18.5 Å². The van der Waals surface area contributed by atoms with Crippen molar-refractivity contribution in [2.75, 3.05) is 11.9 Å². The Balaban J connectivity index is 1.69. The number of anilines is 1. The highest BCUT2D eigenvalue weighted by molar-refractivity contribution is 7.12. The van der Waals surface area contributed by atoms with E-state index in [0.29, 0.717) is 17.4 Å². The molecule has 0 saturated heterocycles. The summed E-state index contributed by atoms with van der Waals surface area (Å²) in [5, 5.41) is 7.08. The molecule has 2 rings (SSSR count). The van der Waals surface area contributed by atoms with Crippen LogP contribution in [-0.4, -0.2) is 28.3 Å². The topological polar surface area (TPSA) is 86.9 Å². The predicted molar refractivity (Wildman–Crippen MR) is 68.5 cm³/mol. The molecule has 7 heteroatoms. The fraction of sp³-hybridized carbons (Fsp3) is 0.182. The molecular formula is C11H12N4O2S. The van der Waals surface area contributed by atoms with Crippen LogP contribution in [0.4, 0.5) is 5.95 Å². The summed E-state index contributed by atoms with van der Waals surface area (Å²) in [5.41, 5.74) is 0. The lowest BCUT2D eigenvalue weighted by molar-refractivity contribution is -0.116. The second kappa shape index (κ2) is 5.97. The third-order valence-corrected chi connectivity index (χ3v) is 3.01. The minimum atomic E-state index is -0.198. The first-order chi connectivity index (χ1) is 8.75. The Morgan fingerprint density at radius 1 is 1.44 bits per heavy atom. The molecule has 6 nitrogen and oxygen atoms in total. The Morgan fingerprint density at radius 2 is 2.33 bits per heavy atom. The maximum atomic E-state index is 11.6. The van der Waals surface area contributed by atoms with Crippen LogP contribution in [0, 0.1) is 0 Å². The first-order valence-electron chi connectivity index (χ1n) is 5.36. The SMILES string of the molecule is O=C(CCNC(=O)c1cccs1)Nc1ncc[nH]1. The minimum absolute atomic E-state index is 0.157. The summed E-state index contributed by atoms with van der Waals surface area (Å²) in [6, 6.07) is 3.55. The highest BCUT2D eigenvalue weighted by Gasteiger charge is 2.07. The fourth-order valence-corrected chi connectivity index (χ4v) is 1.95. The van der Waals surface area contributed by atoms with Gasteiger partial charge in [-0.15, -0.1) is 11.3 Å². The quantitative estimate of drug-likeness (QED) is 0.759. The summed E-state index contributed by atoms with van der Waals surface area (Å²) in [4.78, 5) is 30.3. The molecule has 0 spiro atoms. The van der Waals surface area contributed by atoms with Gasteiger partial charge >= 0.3 is 0 Å². The van der Waals surface area contributed by atoms with E-state index in [9.17, 15) is 9.59 Å². The maximum absolute atomic E-state index is 11.6. The first kappa shape index (κ1) is 12.3. The third-order valence-electron chi connectivity index (χ3n) is 2.14. The van der Waals surface area contributed by atoms with Crippen molar-refractivity contribution in [3.05, 3.63) is 34.8 Å². The number of nitrogens with one attached hydrogen (secondary N) is 3. The van der Waals surface area contributed by atoms with Gasteiger partial charge in [-0.3, -0.25) is 14.9 Å². The standard InChI is InChI=1S/C11H12N4O2S/c16-9(15-11-13-5-6-14-11)3-4-12-10(17)8-2-1-7-18-8/h1-2,5-7H,3-4H2,(H,12,17)(H2,13,14,15,16). The number of imidazole rings is 1. The van der Waals surface area contributed by atoms with E-state index < -0.39 is 0 Å². The van der Waals surface area contributed by atoms with E-state index in [1.807, 2.05) is 11.4 Å². The van der Waals surface area contributed by atoms with Gasteiger partial charge in [-0.25, -0.2) is 4.98 Å². The molecule has 3 N–H and O–H groups in total. The van der Waals surface area contributed by atoms with Crippen LogP contribution < -0.4 is 10.6 Å². The molecule has 0 atom stereocenters. The van der Waals surface area contributed by atoms with Gasteiger partial charge < -0.3 is 10.3 Å². The zero-order valence-corrected chi connectivity index (χ0v) is 10.3. The Labute approximate surface area is 107 Å². The number of rotatable bonds is 5. The van der Waals surface area contributed by atoms with Crippen LogP contribution in [0.1, 0.15) is 16.1 Å². The first-order valence-corrected chi connectivity index (χ1v) is 6.24. The Kier molecular flexibility index (Phi) is 4.08. The Hall–Kier alpha value is -2.15. The Morgan fingerprint density at radius 3 is 3.00 bits per heavy atom. The molecule has 0 radical (unpaired) electrons. The van der Waals surface area contributed by atoms with E-state index in [2.05, 4.69) is 20.6 Å². The van der Waals surface area contributed by atoms with Gasteiger partial charge in [-0.1, -0.05) is 6.07 Å². The molecule has 0 aliphatic heterocycles. The molecule has 2 aromatic heterocycles. The van der Waals surface area contributed by atoms with Crippen molar-refractivity contribution in [2.45, 2.75) is 6.42 Å². The molecule has 2 amide bonds. The van der Waals surface area contributed by atoms with Gasteiger partial charge in [-0.05, 0) is 11.4 Å². The van der Waals surface area contributed by atoms with Crippen molar-refractivity contribution in [3.8, 4) is 0 Å². The average molecular weight is 264 g/mol. The molecule has 0 saturated carbocycles. The molecule has 0 aliphatic rings. The third kappa shape index (κ3) is 3.42. The lowest BCUT2D eigenvalue weighted by atomic mass is 10.3. The Bertz CT molecular complexity index is 507. The summed E-state index contributed by atoms with van der Waals surface area (Å²) in [5.74, 6) is 0.0526.